The lowest BCUT2D eigenvalue weighted by Crippen LogP contribution is -2.17. The summed E-state index contributed by atoms with van der Waals surface area (Å²) in [6.07, 6.45) is 0.854. The van der Waals surface area contributed by atoms with Crippen LogP contribution in [0.5, 0.6) is 0 Å². The highest BCUT2D eigenvalue weighted by atomic mass is 35.5. The molecule has 0 aliphatic carbocycles. The largest absolute Gasteiger partial charge is 0.341 e. The number of hydrogen-bond donors (Lipinski definition) is 2. The summed E-state index contributed by atoms with van der Waals surface area (Å²) >= 11 is 5.94. The van der Waals surface area contributed by atoms with Gasteiger partial charge in [-0.2, -0.15) is 0 Å². The fraction of sp³-hybridized carbons (Fsp3) is 0.188. The second kappa shape index (κ2) is 6.24. The van der Waals surface area contributed by atoms with Crippen LogP contribution < -0.4 is 5.32 Å². The van der Waals surface area contributed by atoms with Crippen molar-refractivity contribution in [1.82, 2.24) is 15.3 Å². The van der Waals surface area contributed by atoms with E-state index < -0.39 is 0 Å². The Hall–Kier alpha value is -1.91. The van der Waals surface area contributed by atoms with Crippen LogP contribution in [0, 0.1) is 5.82 Å². The first-order valence-electron chi connectivity index (χ1n) is 6.80. The molecule has 108 valence electrons. The Kier molecular flexibility index (Phi) is 4.18. The maximum Gasteiger partial charge on any atom is 0.123 e. The summed E-state index contributed by atoms with van der Waals surface area (Å²) in [5.74, 6) is 0.680. The van der Waals surface area contributed by atoms with Gasteiger partial charge in [0.05, 0.1) is 17.6 Å². The van der Waals surface area contributed by atoms with Crippen molar-refractivity contribution in [3.63, 3.8) is 0 Å². The summed E-state index contributed by atoms with van der Waals surface area (Å²) in [5.41, 5.74) is 2.97. The van der Waals surface area contributed by atoms with E-state index in [1.807, 2.05) is 18.2 Å². The van der Waals surface area contributed by atoms with Crippen molar-refractivity contribution in [3.8, 4) is 0 Å². The molecule has 5 heteroatoms. The van der Waals surface area contributed by atoms with Crippen molar-refractivity contribution in [2.75, 3.05) is 6.54 Å². The minimum Gasteiger partial charge on any atom is -0.341 e. The molecule has 3 rings (SSSR count). The number of rotatable bonds is 5. The van der Waals surface area contributed by atoms with Gasteiger partial charge in [-0.15, -0.1) is 0 Å². The zero-order chi connectivity index (χ0) is 14.7. The average Bonchev–Trinajstić information content (AvgIpc) is 2.87. The molecule has 0 unspecified atom stereocenters. The standard InChI is InChI=1S/C16H15ClFN3/c17-12-3-6-14-15(9-12)21-16(20-14)10-19-8-7-11-1-4-13(18)5-2-11/h1-6,9,19H,7-8,10H2,(H,20,21). The normalized spacial score (nSPS) is 11.1. The van der Waals surface area contributed by atoms with Gasteiger partial charge in [-0.25, -0.2) is 9.37 Å². The molecule has 0 amide bonds. The number of fused-ring (bicyclic) bond motifs is 1. The van der Waals surface area contributed by atoms with E-state index in [9.17, 15) is 4.39 Å². The lowest BCUT2D eigenvalue weighted by atomic mass is 10.1. The van der Waals surface area contributed by atoms with E-state index in [0.29, 0.717) is 11.6 Å². The number of aromatic nitrogens is 2. The van der Waals surface area contributed by atoms with E-state index in [1.54, 1.807) is 12.1 Å². The Morgan fingerprint density at radius 3 is 2.76 bits per heavy atom. The van der Waals surface area contributed by atoms with Crippen LogP contribution in [0.25, 0.3) is 11.0 Å². The molecule has 2 aromatic carbocycles. The van der Waals surface area contributed by atoms with Crippen molar-refractivity contribution in [3.05, 3.63) is 64.7 Å². The molecule has 0 fully saturated rings. The van der Waals surface area contributed by atoms with E-state index in [4.69, 9.17) is 11.6 Å². The average molecular weight is 304 g/mol. The number of imidazole rings is 1. The maximum absolute atomic E-state index is 12.8. The molecule has 3 aromatic rings. The Morgan fingerprint density at radius 1 is 1.14 bits per heavy atom. The molecular formula is C16H15ClFN3. The molecular weight excluding hydrogens is 289 g/mol. The van der Waals surface area contributed by atoms with E-state index in [-0.39, 0.29) is 5.82 Å². The van der Waals surface area contributed by atoms with E-state index in [2.05, 4.69) is 15.3 Å². The van der Waals surface area contributed by atoms with Crippen LogP contribution >= 0.6 is 11.6 Å². The third kappa shape index (κ3) is 3.60. The van der Waals surface area contributed by atoms with E-state index in [1.165, 1.54) is 12.1 Å². The van der Waals surface area contributed by atoms with Gasteiger partial charge in [0, 0.05) is 5.02 Å². The summed E-state index contributed by atoms with van der Waals surface area (Å²) in [7, 11) is 0. The number of H-pyrrole nitrogens is 1. The van der Waals surface area contributed by atoms with Crippen LogP contribution in [0.15, 0.2) is 42.5 Å². The number of aromatic amines is 1. The highest BCUT2D eigenvalue weighted by molar-refractivity contribution is 6.31. The van der Waals surface area contributed by atoms with Crippen molar-refractivity contribution in [2.45, 2.75) is 13.0 Å². The molecule has 0 saturated heterocycles. The molecule has 0 radical (unpaired) electrons. The van der Waals surface area contributed by atoms with Crippen molar-refractivity contribution >= 4 is 22.6 Å². The van der Waals surface area contributed by atoms with Gasteiger partial charge in [-0.1, -0.05) is 23.7 Å². The smallest absolute Gasteiger partial charge is 0.123 e. The quantitative estimate of drug-likeness (QED) is 0.706. The maximum atomic E-state index is 12.8. The predicted molar refractivity (Wildman–Crippen MR) is 82.9 cm³/mol. The molecule has 3 nitrogen and oxygen atoms in total. The second-order valence-electron chi connectivity index (χ2n) is 4.90. The minimum atomic E-state index is -0.201. The Labute approximate surface area is 127 Å². The number of benzene rings is 2. The van der Waals surface area contributed by atoms with Gasteiger partial charge in [0.25, 0.3) is 0 Å². The fourth-order valence-corrected chi connectivity index (χ4v) is 2.38. The number of halogens is 2. The molecule has 1 heterocycles. The molecule has 21 heavy (non-hydrogen) atoms. The van der Waals surface area contributed by atoms with Gasteiger partial charge < -0.3 is 10.3 Å². The highest BCUT2D eigenvalue weighted by Crippen LogP contribution is 2.17. The molecule has 0 saturated carbocycles. The SMILES string of the molecule is Fc1ccc(CCNCc2nc3ccc(Cl)cc3[nH]2)cc1. The van der Waals surface area contributed by atoms with Gasteiger partial charge in [0.1, 0.15) is 11.6 Å². The van der Waals surface area contributed by atoms with Crippen molar-refractivity contribution in [1.29, 1.82) is 0 Å². The Bertz CT molecular complexity index is 737. The van der Waals surface area contributed by atoms with Crippen LogP contribution in [0.3, 0.4) is 0 Å². The zero-order valence-electron chi connectivity index (χ0n) is 11.4. The van der Waals surface area contributed by atoms with Gasteiger partial charge in [-0.3, -0.25) is 0 Å². The van der Waals surface area contributed by atoms with E-state index >= 15 is 0 Å². The molecule has 0 aliphatic heterocycles. The molecule has 2 N–H and O–H groups in total. The van der Waals surface area contributed by atoms with Gasteiger partial charge >= 0.3 is 0 Å². The number of nitrogens with zero attached hydrogens (tertiary/aromatic N) is 1. The van der Waals surface area contributed by atoms with Crippen molar-refractivity contribution in [2.24, 2.45) is 0 Å². The first kappa shape index (κ1) is 14.0. The second-order valence-corrected chi connectivity index (χ2v) is 5.33. The highest BCUT2D eigenvalue weighted by Gasteiger charge is 2.03. The van der Waals surface area contributed by atoms with E-state index in [0.717, 1.165) is 35.4 Å². The summed E-state index contributed by atoms with van der Waals surface area (Å²) in [4.78, 5) is 7.72. The lowest BCUT2D eigenvalue weighted by molar-refractivity contribution is 0.625. The molecule has 0 spiro atoms. The number of nitrogens with one attached hydrogen (secondary N) is 2. The summed E-state index contributed by atoms with van der Waals surface area (Å²) in [6.45, 7) is 1.47. The van der Waals surface area contributed by atoms with Crippen molar-refractivity contribution < 1.29 is 4.39 Å². The minimum absolute atomic E-state index is 0.201. The van der Waals surface area contributed by atoms with Crippen LogP contribution in [0.1, 0.15) is 11.4 Å². The molecule has 1 aromatic heterocycles. The molecule has 0 aliphatic rings. The summed E-state index contributed by atoms with van der Waals surface area (Å²) in [5, 5.41) is 4.02. The van der Waals surface area contributed by atoms with Crippen LogP contribution in [-0.4, -0.2) is 16.5 Å². The summed E-state index contributed by atoms with van der Waals surface area (Å²) in [6, 6.07) is 12.2. The predicted octanol–water partition coefficient (Wildman–Crippen LogP) is 3.69. The zero-order valence-corrected chi connectivity index (χ0v) is 12.1. The van der Waals surface area contributed by atoms with Crippen LogP contribution in [0.2, 0.25) is 5.02 Å². The van der Waals surface area contributed by atoms with Gasteiger partial charge in [0.2, 0.25) is 0 Å². The first-order chi connectivity index (χ1) is 10.2. The van der Waals surface area contributed by atoms with Crippen LogP contribution in [0.4, 0.5) is 4.39 Å². The van der Waals surface area contributed by atoms with Crippen LogP contribution in [-0.2, 0) is 13.0 Å². The van der Waals surface area contributed by atoms with Gasteiger partial charge in [-0.05, 0) is 48.9 Å². The Balaban J connectivity index is 1.53. The first-order valence-corrected chi connectivity index (χ1v) is 7.18. The third-order valence-corrected chi connectivity index (χ3v) is 3.52. The topological polar surface area (TPSA) is 40.7 Å². The van der Waals surface area contributed by atoms with Gasteiger partial charge in [0.15, 0.2) is 0 Å². The molecule has 0 atom stereocenters. The number of hydrogen-bond acceptors (Lipinski definition) is 2. The third-order valence-electron chi connectivity index (χ3n) is 3.29. The summed E-state index contributed by atoms with van der Waals surface area (Å²) < 4.78 is 12.8. The monoisotopic (exact) mass is 303 g/mol. The fourth-order valence-electron chi connectivity index (χ4n) is 2.21. The Morgan fingerprint density at radius 2 is 1.95 bits per heavy atom. The molecule has 0 bridgehead atoms. The lowest BCUT2D eigenvalue weighted by Gasteiger charge is -2.03.